The Morgan fingerprint density at radius 2 is 2.38 bits per heavy atom. The first-order valence-corrected chi connectivity index (χ1v) is 7.95. The summed E-state index contributed by atoms with van der Waals surface area (Å²) in [5.74, 6) is 4.12. The van der Waals surface area contributed by atoms with Crippen LogP contribution in [0.15, 0.2) is 23.6 Å². The summed E-state index contributed by atoms with van der Waals surface area (Å²) < 4.78 is 21.1. The van der Waals surface area contributed by atoms with Crippen LogP contribution < -0.4 is 11.3 Å². The Morgan fingerprint density at radius 3 is 3.00 bits per heavy atom. The van der Waals surface area contributed by atoms with E-state index in [1.807, 2.05) is 0 Å². The second kappa shape index (κ2) is 6.41. The van der Waals surface area contributed by atoms with E-state index in [9.17, 15) is 19.4 Å². The molecule has 10 heteroatoms. The molecule has 0 saturated carbocycles. The maximum absolute atomic E-state index is 14.3. The number of fused-ring (bicyclic) bond motifs is 1. The number of nitrogens with one attached hydrogen (secondary N) is 1. The number of H-pyrrole nitrogens is 1. The van der Waals surface area contributed by atoms with Gasteiger partial charge in [-0.3, -0.25) is 14.3 Å². The van der Waals surface area contributed by atoms with Crippen molar-refractivity contribution in [2.24, 2.45) is 0 Å². The van der Waals surface area contributed by atoms with Crippen molar-refractivity contribution in [3.8, 4) is 11.8 Å². The van der Waals surface area contributed by atoms with Crippen LogP contribution in [-0.4, -0.2) is 47.9 Å². The number of aromatic nitrogens is 3. The first-order valence-electron chi connectivity index (χ1n) is 7.57. The fraction of sp³-hybridized carbons (Fsp3) is 0.375. The molecular weight excluding hydrogens is 367 g/mol. The second-order valence-electron chi connectivity index (χ2n) is 5.80. The maximum atomic E-state index is 14.3. The Labute approximate surface area is 152 Å². The number of rotatable bonds is 3. The number of alkyl halides is 1. The van der Waals surface area contributed by atoms with E-state index < -0.39 is 40.8 Å². The van der Waals surface area contributed by atoms with Crippen molar-refractivity contribution in [2.75, 3.05) is 5.73 Å². The highest BCUT2D eigenvalue weighted by molar-refractivity contribution is 6.27. The minimum atomic E-state index is -1.74. The van der Waals surface area contributed by atoms with Gasteiger partial charge in [-0.05, 0) is 6.92 Å². The molecule has 1 fully saturated rings. The monoisotopic (exact) mass is 382 g/mol. The molecule has 1 aliphatic rings. The number of ether oxygens (including phenoxy) is 1. The number of halogens is 2. The van der Waals surface area contributed by atoms with Crippen LogP contribution in [0, 0.1) is 17.7 Å². The average Bonchev–Trinajstić information content (AvgIpc) is 3.03. The maximum Gasteiger partial charge on any atom is 0.264 e. The molecule has 0 aliphatic carbocycles. The van der Waals surface area contributed by atoms with Crippen LogP contribution in [-0.2, 0) is 4.74 Å². The molecule has 5 atom stereocenters. The molecule has 2 unspecified atom stereocenters. The summed E-state index contributed by atoms with van der Waals surface area (Å²) in [5.41, 5.74) is 4.65. The van der Waals surface area contributed by atoms with Crippen LogP contribution in [0.1, 0.15) is 13.2 Å². The Hall–Kier alpha value is -2.38. The van der Waals surface area contributed by atoms with Crippen LogP contribution in [0.2, 0.25) is 0 Å². The van der Waals surface area contributed by atoms with Crippen molar-refractivity contribution in [3.63, 3.8) is 0 Å². The zero-order valence-corrected chi connectivity index (χ0v) is 14.4. The average molecular weight is 383 g/mol. The molecule has 0 spiro atoms. The molecule has 2 aromatic rings. The molecule has 2 aromatic heterocycles. The molecule has 8 nitrogen and oxygen atoms in total. The number of hydrogen-bond acceptors (Lipinski definition) is 6. The van der Waals surface area contributed by atoms with Gasteiger partial charge in [0.2, 0.25) is 5.95 Å². The van der Waals surface area contributed by atoms with Gasteiger partial charge in [-0.2, -0.15) is 4.98 Å². The molecule has 138 valence electrons. The predicted octanol–water partition coefficient (Wildman–Crippen LogP) is 0.252. The number of aromatic amines is 1. The summed E-state index contributed by atoms with van der Waals surface area (Å²) in [6, 6.07) is 0. The van der Waals surface area contributed by atoms with Gasteiger partial charge in [-0.1, -0.05) is 23.6 Å². The van der Waals surface area contributed by atoms with Crippen molar-refractivity contribution in [3.05, 3.63) is 35.0 Å². The zero-order valence-electron chi connectivity index (χ0n) is 13.6. The Kier molecular flexibility index (Phi) is 4.54. The molecule has 3 heterocycles. The van der Waals surface area contributed by atoms with Crippen LogP contribution in [0.25, 0.3) is 11.0 Å². The van der Waals surface area contributed by atoms with Crippen LogP contribution in [0.4, 0.5) is 10.3 Å². The van der Waals surface area contributed by atoms with Crippen molar-refractivity contribution < 1.29 is 19.3 Å². The summed E-state index contributed by atoms with van der Waals surface area (Å²) >= 11 is 6.52. The van der Waals surface area contributed by atoms with Crippen molar-refractivity contribution >= 4 is 28.6 Å². The number of aliphatic hydroxyl groups is 2. The summed E-state index contributed by atoms with van der Waals surface area (Å²) in [4.78, 5) is 16.4. The van der Waals surface area contributed by atoms with Gasteiger partial charge in [0.05, 0.1) is 0 Å². The Bertz CT molecular complexity index is 994. The summed E-state index contributed by atoms with van der Waals surface area (Å²) in [6.45, 7) is 4.95. The molecule has 26 heavy (non-hydrogen) atoms. The Morgan fingerprint density at radius 1 is 1.69 bits per heavy atom. The highest BCUT2D eigenvalue weighted by atomic mass is 35.5. The van der Waals surface area contributed by atoms with E-state index in [0.717, 1.165) is 10.8 Å². The molecule has 0 aromatic carbocycles. The summed E-state index contributed by atoms with van der Waals surface area (Å²) in [5, 5.41) is 20.2. The van der Waals surface area contributed by atoms with E-state index in [-0.39, 0.29) is 17.0 Å². The number of nitrogen functional groups attached to an aromatic ring is 1. The molecule has 3 rings (SSSR count). The second-order valence-corrected chi connectivity index (χ2v) is 6.43. The molecule has 5 N–H and O–H groups in total. The first-order chi connectivity index (χ1) is 12.2. The third-order valence-corrected chi connectivity index (χ3v) is 4.69. The van der Waals surface area contributed by atoms with Gasteiger partial charge >= 0.3 is 0 Å². The number of hydrogen-bond donors (Lipinski definition) is 4. The minimum Gasteiger partial charge on any atom is -0.387 e. The fourth-order valence-corrected chi connectivity index (χ4v) is 3.39. The minimum absolute atomic E-state index is 0.127. The van der Waals surface area contributed by atoms with Gasteiger partial charge in [0.25, 0.3) is 5.56 Å². The smallest absolute Gasteiger partial charge is 0.264 e. The zero-order chi connectivity index (χ0) is 19.2. The molecule has 1 saturated heterocycles. The van der Waals surface area contributed by atoms with Gasteiger partial charge in [-0.15, -0.1) is 12.5 Å². The van der Waals surface area contributed by atoms with E-state index in [0.29, 0.717) is 0 Å². The standard InChI is InChI=1S/C16H16ClFN4O4/c1-3-5-16(17)11(24)10(8(23)4-2)26-14(16)22-6-7(18)9-12(22)20-15(19)21-13(9)25/h4,6,8,10-11,14,23-24H,2H2,1H3,(H3,19,20,21,25)/t8-,10-,11?,14-,16?/m1/s1. The molecule has 1 aliphatic heterocycles. The lowest BCUT2D eigenvalue weighted by Gasteiger charge is -2.25. The highest BCUT2D eigenvalue weighted by Gasteiger charge is 2.57. The van der Waals surface area contributed by atoms with Gasteiger partial charge in [0, 0.05) is 6.20 Å². The van der Waals surface area contributed by atoms with Crippen LogP contribution in [0.3, 0.4) is 0 Å². The molecule has 0 amide bonds. The number of aliphatic hydroxyl groups excluding tert-OH is 2. The third kappa shape index (κ3) is 2.59. The van der Waals surface area contributed by atoms with Crippen LogP contribution in [0.5, 0.6) is 0 Å². The van der Waals surface area contributed by atoms with Gasteiger partial charge in [0.15, 0.2) is 22.6 Å². The SMILES string of the molecule is C=C[C@@H](O)[C@H]1O[C@@H](n2cc(F)c3c(=O)[nH]c(N)nc32)C(Cl)(C#CC)C1O. The van der Waals surface area contributed by atoms with Gasteiger partial charge in [0.1, 0.15) is 23.7 Å². The third-order valence-electron chi connectivity index (χ3n) is 4.19. The molecule has 0 bridgehead atoms. The van der Waals surface area contributed by atoms with E-state index >= 15 is 0 Å². The van der Waals surface area contributed by atoms with E-state index in [1.54, 1.807) is 0 Å². The lowest BCUT2D eigenvalue weighted by molar-refractivity contribution is -0.0662. The normalized spacial score (nSPS) is 29.3. The van der Waals surface area contributed by atoms with E-state index in [4.69, 9.17) is 22.1 Å². The highest BCUT2D eigenvalue weighted by Crippen LogP contribution is 2.45. The van der Waals surface area contributed by atoms with E-state index in [1.165, 1.54) is 13.0 Å². The van der Waals surface area contributed by atoms with Gasteiger partial charge < -0.3 is 20.7 Å². The van der Waals surface area contributed by atoms with E-state index in [2.05, 4.69) is 28.4 Å². The fourth-order valence-electron chi connectivity index (χ4n) is 3.01. The molecular formula is C16H16ClFN4O4. The van der Waals surface area contributed by atoms with Crippen molar-refractivity contribution in [2.45, 2.75) is 36.3 Å². The summed E-state index contributed by atoms with van der Waals surface area (Å²) in [6.07, 6.45) is -2.99. The van der Waals surface area contributed by atoms with Crippen molar-refractivity contribution in [1.82, 2.24) is 14.5 Å². The topological polar surface area (TPSA) is 126 Å². The van der Waals surface area contributed by atoms with Crippen molar-refractivity contribution in [1.29, 1.82) is 0 Å². The lowest BCUT2D eigenvalue weighted by atomic mass is 9.96. The van der Waals surface area contributed by atoms with Crippen LogP contribution >= 0.6 is 11.6 Å². The number of nitrogens with two attached hydrogens (primary N) is 1. The first kappa shape index (κ1) is 18.4. The predicted molar refractivity (Wildman–Crippen MR) is 92.9 cm³/mol. The number of nitrogens with zero attached hydrogens (tertiary/aromatic N) is 2. The Balaban J connectivity index is 2.24. The quantitative estimate of drug-likeness (QED) is 0.342. The van der Waals surface area contributed by atoms with Gasteiger partial charge in [-0.25, -0.2) is 4.39 Å². The lowest BCUT2D eigenvalue weighted by Crippen LogP contribution is -2.43. The summed E-state index contributed by atoms with van der Waals surface area (Å²) in [7, 11) is 0. The molecule has 0 radical (unpaired) electrons. The largest absolute Gasteiger partial charge is 0.387 e. The number of anilines is 1.